The number of benzene rings is 3. The summed E-state index contributed by atoms with van der Waals surface area (Å²) >= 11 is 1.19. The van der Waals surface area contributed by atoms with Crippen molar-refractivity contribution in [1.29, 1.82) is 0 Å². The Morgan fingerprint density at radius 1 is 0.875 bits per heavy atom. The Morgan fingerprint density at radius 2 is 1.53 bits per heavy atom. The summed E-state index contributed by atoms with van der Waals surface area (Å²) in [4.78, 5) is 41.9. The van der Waals surface area contributed by atoms with Gasteiger partial charge in [-0.1, -0.05) is 23.5 Å². The molecule has 2 amide bonds. The first kappa shape index (κ1) is 20.0. The lowest BCUT2D eigenvalue weighted by Crippen LogP contribution is -2.29. The lowest BCUT2D eigenvalue weighted by molar-refractivity contribution is 0.0696. The predicted octanol–water partition coefficient (Wildman–Crippen LogP) is 3.63. The first-order valence-corrected chi connectivity index (χ1v) is 11.5. The van der Waals surface area contributed by atoms with Crippen molar-refractivity contribution in [2.75, 3.05) is 4.90 Å². The van der Waals surface area contributed by atoms with Gasteiger partial charge in [0.25, 0.3) is 11.8 Å². The van der Waals surface area contributed by atoms with Crippen molar-refractivity contribution >= 4 is 54.3 Å². The van der Waals surface area contributed by atoms with E-state index in [1.54, 1.807) is 12.1 Å². The number of imide groups is 1. The Labute approximate surface area is 185 Å². The Hall–Kier alpha value is -3.89. The van der Waals surface area contributed by atoms with Crippen molar-refractivity contribution in [2.45, 2.75) is 9.79 Å². The number of carboxylic acid groups (broad SMARTS) is 1. The average molecular weight is 464 g/mol. The normalized spacial score (nSPS) is 13.6. The second kappa shape index (κ2) is 7.08. The van der Waals surface area contributed by atoms with Crippen LogP contribution in [0.2, 0.25) is 0 Å². The summed E-state index contributed by atoms with van der Waals surface area (Å²) < 4.78 is 26.8. The number of carbonyl (C=O) groups excluding carboxylic acids is 2. The van der Waals surface area contributed by atoms with Crippen LogP contribution in [-0.2, 0) is 9.84 Å². The van der Waals surface area contributed by atoms with Crippen molar-refractivity contribution in [2.24, 2.45) is 0 Å². The molecule has 32 heavy (non-hydrogen) atoms. The summed E-state index contributed by atoms with van der Waals surface area (Å²) in [5.74, 6) is -2.40. The highest BCUT2D eigenvalue weighted by atomic mass is 32.2. The zero-order valence-electron chi connectivity index (χ0n) is 16.1. The number of aromatic carboxylic acids is 1. The van der Waals surface area contributed by atoms with Crippen molar-refractivity contribution in [3.63, 3.8) is 0 Å². The fraction of sp³-hybridized carbons (Fsp3) is 0. The number of amides is 2. The Balaban J connectivity index is 1.54. The number of nitrogens with zero attached hydrogens (tertiary/aromatic N) is 2. The lowest BCUT2D eigenvalue weighted by atomic mass is 10.1. The largest absolute Gasteiger partial charge is 0.478 e. The van der Waals surface area contributed by atoms with E-state index in [0.717, 1.165) is 9.60 Å². The van der Waals surface area contributed by atoms with Crippen LogP contribution in [-0.4, -0.2) is 36.3 Å². The second-order valence-corrected chi connectivity index (χ2v) is 9.91. The van der Waals surface area contributed by atoms with Gasteiger partial charge in [0.1, 0.15) is 0 Å². The molecule has 4 aromatic rings. The number of hydrogen-bond acceptors (Lipinski definition) is 7. The molecule has 0 aliphatic carbocycles. The van der Waals surface area contributed by atoms with Crippen LogP contribution in [0.4, 0.5) is 5.13 Å². The smallest absolute Gasteiger partial charge is 0.335 e. The summed E-state index contributed by atoms with van der Waals surface area (Å²) in [6, 6.07) is 15.7. The molecule has 0 spiro atoms. The van der Waals surface area contributed by atoms with Gasteiger partial charge in [-0.3, -0.25) is 9.59 Å². The molecule has 158 valence electrons. The van der Waals surface area contributed by atoms with Gasteiger partial charge in [0.05, 0.1) is 36.7 Å². The third-order valence-corrected chi connectivity index (χ3v) is 7.84. The van der Waals surface area contributed by atoms with Crippen molar-refractivity contribution in [3.05, 3.63) is 83.4 Å². The number of carbonyl (C=O) groups is 3. The molecule has 1 aromatic heterocycles. The van der Waals surface area contributed by atoms with E-state index in [9.17, 15) is 22.8 Å². The quantitative estimate of drug-likeness (QED) is 0.458. The van der Waals surface area contributed by atoms with E-state index in [2.05, 4.69) is 4.98 Å². The number of rotatable bonds is 4. The van der Waals surface area contributed by atoms with Crippen LogP contribution in [0.15, 0.2) is 76.5 Å². The number of aromatic nitrogens is 1. The Bertz CT molecular complexity index is 1520. The standard InChI is InChI=1S/C22H12N2O6S2/c25-19-15-10-9-14(32(29,30)13-7-5-12(6-8-13)21(27)28)11-16(15)20(26)24(19)22-23-17-3-1-2-4-18(17)31-22/h1-11H,(H,27,28). The molecule has 1 aliphatic heterocycles. The molecule has 0 atom stereocenters. The molecule has 0 saturated carbocycles. The van der Waals surface area contributed by atoms with Crippen LogP contribution in [0.5, 0.6) is 0 Å². The van der Waals surface area contributed by atoms with Crippen LogP contribution >= 0.6 is 11.3 Å². The summed E-state index contributed by atoms with van der Waals surface area (Å²) in [7, 11) is -4.03. The molecule has 10 heteroatoms. The Kier molecular flexibility index (Phi) is 4.43. The molecule has 3 aromatic carbocycles. The Morgan fingerprint density at radius 3 is 2.22 bits per heavy atom. The summed E-state index contributed by atoms with van der Waals surface area (Å²) in [6.07, 6.45) is 0. The van der Waals surface area contributed by atoms with E-state index >= 15 is 0 Å². The van der Waals surface area contributed by atoms with Gasteiger partial charge < -0.3 is 5.11 Å². The third-order valence-electron chi connectivity index (χ3n) is 5.05. The molecule has 1 N–H and O–H groups in total. The molecule has 0 radical (unpaired) electrons. The van der Waals surface area contributed by atoms with E-state index in [4.69, 9.17) is 5.11 Å². The fourth-order valence-electron chi connectivity index (χ4n) is 3.43. The maximum Gasteiger partial charge on any atom is 0.335 e. The van der Waals surface area contributed by atoms with Gasteiger partial charge in [0.15, 0.2) is 0 Å². The number of para-hydroxylation sites is 1. The molecule has 0 saturated heterocycles. The summed E-state index contributed by atoms with van der Waals surface area (Å²) in [5, 5.41) is 9.21. The van der Waals surface area contributed by atoms with Gasteiger partial charge in [-0.05, 0) is 54.6 Å². The summed E-state index contributed by atoms with van der Waals surface area (Å²) in [6.45, 7) is 0. The SMILES string of the molecule is O=C(O)c1ccc(S(=O)(=O)c2ccc3c(c2)C(=O)N(c2nc4ccccc4s2)C3=O)cc1. The zero-order chi connectivity index (χ0) is 22.6. The molecule has 5 rings (SSSR count). The number of hydrogen-bond donors (Lipinski definition) is 1. The molecule has 0 unspecified atom stereocenters. The molecule has 8 nitrogen and oxygen atoms in total. The van der Waals surface area contributed by atoms with Crippen LogP contribution in [0, 0.1) is 0 Å². The van der Waals surface area contributed by atoms with Crippen molar-refractivity contribution in [3.8, 4) is 0 Å². The highest BCUT2D eigenvalue weighted by Gasteiger charge is 2.39. The van der Waals surface area contributed by atoms with Crippen LogP contribution in [0.1, 0.15) is 31.1 Å². The van der Waals surface area contributed by atoms with Crippen LogP contribution < -0.4 is 4.90 Å². The number of fused-ring (bicyclic) bond motifs is 2. The maximum atomic E-state index is 13.0. The molecule has 1 aliphatic rings. The van der Waals surface area contributed by atoms with E-state index < -0.39 is 27.6 Å². The van der Waals surface area contributed by atoms with Gasteiger partial charge in [-0.2, -0.15) is 0 Å². The molecule has 0 bridgehead atoms. The number of carboxylic acids is 1. The van der Waals surface area contributed by atoms with Crippen LogP contribution in [0.25, 0.3) is 10.2 Å². The van der Waals surface area contributed by atoms with Crippen molar-refractivity contribution in [1.82, 2.24) is 4.98 Å². The molecular formula is C22H12N2O6S2. The highest BCUT2D eigenvalue weighted by molar-refractivity contribution is 7.91. The summed E-state index contributed by atoms with van der Waals surface area (Å²) in [5.41, 5.74) is 0.661. The fourth-order valence-corrected chi connectivity index (χ4v) is 5.68. The maximum absolute atomic E-state index is 13.0. The molecule has 2 heterocycles. The van der Waals surface area contributed by atoms with E-state index in [1.165, 1.54) is 53.8 Å². The number of anilines is 1. The average Bonchev–Trinajstić information content (AvgIpc) is 3.32. The van der Waals surface area contributed by atoms with Crippen LogP contribution in [0.3, 0.4) is 0 Å². The minimum absolute atomic E-state index is 0.0301. The van der Waals surface area contributed by atoms with Gasteiger partial charge in [0.2, 0.25) is 15.0 Å². The second-order valence-electron chi connectivity index (χ2n) is 6.95. The zero-order valence-corrected chi connectivity index (χ0v) is 17.7. The van der Waals surface area contributed by atoms with Gasteiger partial charge in [0, 0.05) is 0 Å². The predicted molar refractivity (Wildman–Crippen MR) is 116 cm³/mol. The van der Waals surface area contributed by atoms with Gasteiger partial charge in [-0.25, -0.2) is 23.1 Å². The van der Waals surface area contributed by atoms with E-state index in [0.29, 0.717) is 5.52 Å². The topological polar surface area (TPSA) is 122 Å². The van der Waals surface area contributed by atoms with E-state index in [-0.39, 0.29) is 31.6 Å². The molecular weight excluding hydrogens is 452 g/mol. The number of thiazole rings is 1. The molecule has 0 fully saturated rings. The van der Waals surface area contributed by atoms with Gasteiger partial charge >= 0.3 is 5.97 Å². The van der Waals surface area contributed by atoms with Crippen molar-refractivity contribution < 1.29 is 27.9 Å². The van der Waals surface area contributed by atoms with E-state index in [1.807, 2.05) is 12.1 Å². The minimum Gasteiger partial charge on any atom is -0.478 e. The number of sulfone groups is 1. The van der Waals surface area contributed by atoms with Gasteiger partial charge in [-0.15, -0.1) is 0 Å². The lowest BCUT2D eigenvalue weighted by Gasteiger charge is -2.08. The monoisotopic (exact) mass is 464 g/mol. The first-order valence-electron chi connectivity index (χ1n) is 9.24. The third kappa shape index (κ3) is 3.00. The highest BCUT2D eigenvalue weighted by Crippen LogP contribution is 2.35. The minimum atomic E-state index is -4.03. The first-order chi connectivity index (χ1) is 15.3.